The van der Waals surface area contributed by atoms with Crippen LogP contribution in [0, 0.1) is 11.8 Å². The molecule has 1 fully saturated rings. The SMILES string of the molecule is C[C@H]1CCC[C@@H]2[C@@H]1c1c(n(C)c(=O)n(C)c1=O)OC2(C)C. The third kappa shape index (κ3) is 1.89. The zero-order valence-corrected chi connectivity index (χ0v) is 13.5. The first-order valence-electron chi connectivity index (χ1n) is 7.74. The van der Waals surface area contributed by atoms with E-state index in [0.29, 0.717) is 23.3 Å². The first-order chi connectivity index (χ1) is 9.75. The first-order valence-corrected chi connectivity index (χ1v) is 7.74. The van der Waals surface area contributed by atoms with E-state index in [-0.39, 0.29) is 22.8 Å². The molecule has 1 aliphatic carbocycles. The summed E-state index contributed by atoms with van der Waals surface area (Å²) in [6.07, 6.45) is 3.38. The van der Waals surface area contributed by atoms with Crippen LogP contribution in [-0.2, 0) is 14.1 Å². The summed E-state index contributed by atoms with van der Waals surface area (Å²) >= 11 is 0. The van der Waals surface area contributed by atoms with Gasteiger partial charge in [-0.2, -0.15) is 0 Å². The molecule has 0 unspecified atom stereocenters. The van der Waals surface area contributed by atoms with Crippen LogP contribution in [0.5, 0.6) is 5.88 Å². The van der Waals surface area contributed by atoms with Crippen LogP contribution in [-0.4, -0.2) is 14.7 Å². The summed E-state index contributed by atoms with van der Waals surface area (Å²) < 4.78 is 8.82. The predicted octanol–water partition coefficient (Wildman–Crippen LogP) is 1.77. The zero-order valence-electron chi connectivity index (χ0n) is 13.5. The van der Waals surface area contributed by atoms with Crippen LogP contribution in [0.2, 0.25) is 0 Å². The molecule has 21 heavy (non-hydrogen) atoms. The summed E-state index contributed by atoms with van der Waals surface area (Å²) in [5, 5.41) is 0. The maximum Gasteiger partial charge on any atom is 0.333 e. The van der Waals surface area contributed by atoms with Crippen LogP contribution in [0.25, 0.3) is 0 Å². The Hall–Kier alpha value is -1.52. The van der Waals surface area contributed by atoms with Crippen molar-refractivity contribution in [1.82, 2.24) is 9.13 Å². The molecule has 5 nitrogen and oxygen atoms in total. The molecule has 0 bridgehead atoms. The van der Waals surface area contributed by atoms with Gasteiger partial charge in [0.15, 0.2) is 0 Å². The molecule has 0 radical (unpaired) electrons. The molecule has 0 amide bonds. The molecule has 0 spiro atoms. The van der Waals surface area contributed by atoms with Gasteiger partial charge in [0.1, 0.15) is 5.60 Å². The lowest BCUT2D eigenvalue weighted by molar-refractivity contribution is -0.0283. The van der Waals surface area contributed by atoms with Crippen molar-refractivity contribution >= 4 is 0 Å². The highest BCUT2D eigenvalue weighted by molar-refractivity contribution is 5.34. The van der Waals surface area contributed by atoms with Crippen LogP contribution in [0.3, 0.4) is 0 Å². The van der Waals surface area contributed by atoms with Gasteiger partial charge in [-0.15, -0.1) is 0 Å². The Morgan fingerprint density at radius 2 is 1.81 bits per heavy atom. The highest BCUT2D eigenvalue weighted by atomic mass is 16.5. The van der Waals surface area contributed by atoms with E-state index < -0.39 is 0 Å². The Morgan fingerprint density at radius 1 is 1.14 bits per heavy atom. The van der Waals surface area contributed by atoms with Crippen molar-refractivity contribution < 1.29 is 4.74 Å². The highest BCUT2D eigenvalue weighted by Crippen LogP contribution is 2.52. The van der Waals surface area contributed by atoms with Crippen molar-refractivity contribution in [2.24, 2.45) is 25.9 Å². The Balaban J connectivity index is 2.34. The van der Waals surface area contributed by atoms with Crippen molar-refractivity contribution in [3.63, 3.8) is 0 Å². The minimum Gasteiger partial charge on any atom is -0.472 e. The third-order valence-corrected chi connectivity index (χ3v) is 5.45. The Morgan fingerprint density at radius 3 is 2.48 bits per heavy atom. The van der Waals surface area contributed by atoms with E-state index in [9.17, 15) is 9.59 Å². The largest absolute Gasteiger partial charge is 0.472 e. The molecule has 1 aromatic heterocycles. The number of ether oxygens (including phenoxy) is 1. The van der Waals surface area contributed by atoms with Gasteiger partial charge in [-0.05, 0) is 26.2 Å². The Kier molecular flexibility index (Phi) is 3.08. The Labute approximate surface area is 124 Å². The molecule has 2 aliphatic rings. The smallest absolute Gasteiger partial charge is 0.333 e. The van der Waals surface area contributed by atoms with E-state index in [0.717, 1.165) is 12.8 Å². The lowest BCUT2D eigenvalue weighted by Crippen LogP contribution is -2.53. The molecule has 5 heteroatoms. The average Bonchev–Trinajstić information content (AvgIpc) is 2.43. The topological polar surface area (TPSA) is 53.2 Å². The van der Waals surface area contributed by atoms with E-state index in [1.54, 1.807) is 14.1 Å². The van der Waals surface area contributed by atoms with Gasteiger partial charge < -0.3 is 4.74 Å². The fraction of sp³-hybridized carbons (Fsp3) is 0.750. The van der Waals surface area contributed by atoms with Crippen molar-refractivity contribution in [2.45, 2.75) is 51.6 Å². The van der Waals surface area contributed by atoms with Crippen LogP contribution >= 0.6 is 0 Å². The number of hydrogen-bond acceptors (Lipinski definition) is 3. The summed E-state index contributed by atoms with van der Waals surface area (Å²) in [6, 6.07) is 0. The summed E-state index contributed by atoms with van der Waals surface area (Å²) in [5.74, 6) is 1.43. The van der Waals surface area contributed by atoms with E-state index in [2.05, 4.69) is 20.8 Å². The second kappa shape index (κ2) is 4.49. The number of aromatic nitrogens is 2. The molecule has 1 aromatic rings. The number of nitrogens with zero attached hydrogens (tertiary/aromatic N) is 2. The first kappa shape index (κ1) is 14.4. The van der Waals surface area contributed by atoms with E-state index in [1.165, 1.54) is 15.6 Å². The van der Waals surface area contributed by atoms with Gasteiger partial charge in [-0.3, -0.25) is 13.9 Å². The molecule has 0 saturated heterocycles. The van der Waals surface area contributed by atoms with Crippen molar-refractivity contribution in [3.8, 4) is 5.88 Å². The van der Waals surface area contributed by atoms with E-state index in [1.807, 2.05) is 0 Å². The fourth-order valence-electron chi connectivity index (χ4n) is 4.27. The summed E-state index contributed by atoms with van der Waals surface area (Å²) in [6.45, 7) is 6.37. The van der Waals surface area contributed by atoms with E-state index in [4.69, 9.17) is 4.74 Å². The second-order valence-electron chi connectivity index (χ2n) is 7.17. The summed E-state index contributed by atoms with van der Waals surface area (Å²) in [5.41, 5.74) is -0.150. The number of rotatable bonds is 0. The van der Waals surface area contributed by atoms with Crippen LogP contribution < -0.4 is 16.0 Å². The van der Waals surface area contributed by atoms with Crippen LogP contribution in [0.1, 0.15) is 51.5 Å². The quantitative estimate of drug-likeness (QED) is 0.732. The molecule has 0 N–H and O–H groups in total. The fourth-order valence-corrected chi connectivity index (χ4v) is 4.27. The zero-order chi connectivity index (χ0) is 15.5. The van der Waals surface area contributed by atoms with Gasteiger partial charge in [0.25, 0.3) is 5.56 Å². The third-order valence-electron chi connectivity index (χ3n) is 5.45. The predicted molar refractivity (Wildman–Crippen MR) is 80.9 cm³/mol. The molecule has 1 aliphatic heterocycles. The molecule has 0 aromatic carbocycles. The standard InChI is InChI=1S/C16H24N2O3/c1-9-7-6-8-10-11(9)12-13(19)17(4)15(20)18(5)14(12)21-16(10,2)3/h9-11H,6-8H2,1-5H3/t9-,10+,11+/m0/s1. The van der Waals surface area contributed by atoms with Gasteiger partial charge >= 0.3 is 5.69 Å². The molecule has 1 saturated carbocycles. The van der Waals surface area contributed by atoms with Crippen molar-refractivity contribution in [2.75, 3.05) is 0 Å². The second-order valence-corrected chi connectivity index (χ2v) is 7.17. The van der Waals surface area contributed by atoms with Gasteiger partial charge in [0, 0.05) is 25.9 Å². The van der Waals surface area contributed by atoms with Crippen molar-refractivity contribution in [3.05, 3.63) is 26.4 Å². The maximum atomic E-state index is 12.7. The molecular formula is C16H24N2O3. The number of hydrogen-bond donors (Lipinski definition) is 0. The normalized spacial score (nSPS) is 30.2. The Bertz CT molecular complexity index is 699. The average molecular weight is 292 g/mol. The van der Waals surface area contributed by atoms with Crippen LogP contribution in [0.4, 0.5) is 0 Å². The van der Waals surface area contributed by atoms with Gasteiger partial charge in [0.2, 0.25) is 5.88 Å². The monoisotopic (exact) mass is 292 g/mol. The molecule has 3 rings (SSSR count). The van der Waals surface area contributed by atoms with Gasteiger partial charge in [0.05, 0.1) is 5.56 Å². The van der Waals surface area contributed by atoms with Crippen molar-refractivity contribution in [1.29, 1.82) is 0 Å². The minimum atomic E-state index is -0.344. The number of fused-ring (bicyclic) bond motifs is 3. The van der Waals surface area contributed by atoms with Gasteiger partial charge in [-0.1, -0.05) is 19.8 Å². The van der Waals surface area contributed by atoms with E-state index >= 15 is 0 Å². The maximum absolute atomic E-state index is 12.7. The summed E-state index contributed by atoms with van der Waals surface area (Å²) in [7, 11) is 3.23. The summed E-state index contributed by atoms with van der Waals surface area (Å²) in [4.78, 5) is 24.8. The molecular weight excluding hydrogens is 268 g/mol. The lowest BCUT2D eigenvalue weighted by Gasteiger charge is -2.49. The highest BCUT2D eigenvalue weighted by Gasteiger charge is 2.49. The molecule has 3 atom stereocenters. The van der Waals surface area contributed by atoms with Gasteiger partial charge in [-0.25, -0.2) is 4.79 Å². The molecule has 116 valence electrons. The minimum absolute atomic E-state index is 0.183. The lowest BCUT2D eigenvalue weighted by atomic mass is 9.63. The van der Waals surface area contributed by atoms with Crippen LogP contribution in [0.15, 0.2) is 9.59 Å². The molecule has 2 heterocycles.